The van der Waals surface area contributed by atoms with Crippen molar-refractivity contribution < 1.29 is 57.0 Å². The highest BCUT2D eigenvalue weighted by Gasteiger charge is 2.48. The zero-order valence-corrected chi connectivity index (χ0v) is 30.4. The first kappa shape index (κ1) is 45.6. The van der Waals surface area contributed by atoms with E-state index in [1.54, 1.807) is 6.08 Å². The summed E-state index contributed by atoms with van der Waals surface area (Å²) in [4.78, 5) is 12.8. The van der Waals surface area contributed by atoms with E-state index in [1.165, 1.54) is 63.9 Å². The van der Waals surface area contributed by atoms with Gasteiger partial charge < -0.3 is 40.3 Å². The van der Waals surface area contributed by atoms with Crippen LogP contribution in [-0.2, 0) is 28.9 Å². The normalized spacial score (nSPS) is 23.6. The fraction of sp³-hybridized carbons (Fsp3) is 0.857. The maximum atomic E-state index is 12.8. The number of nitrogens with one attached hydrogen (secondary N) is 1. The molecule has 1 rings (SSSR count). The second kappa shape index (κ2) is 27.2. The van der Waals surface area contributed by atoms with E-state index in [0.29, 0.717) is 12.8 Å². The number of aliphatic hydroxyl groups is 5. The number of carbonyl (C=O) groups is 1. The zero-order chi connectivity index (χ0) is 36.5. The molecule has 0 spiro atoms. The second-order valence-electron chi connectivity index (χ2n) is 12.9. The molecule has 0 aromatic heterocycles. The molecular formula is C35H65NO12S. The smallest absolute Gasteiger partial charge is 0.394 e. The van der Waals surface area contributed by atoms with Crippen LogP contribution in [-0.4, -0.2) is 107 Å². The number of allylic oxidation sites excluding steroid dienone is 3. The lowest BCUT2D eigenvalue weighted by molar-refractivity contribution is -0.298. The van der Waals surface area contributed by atoms with Gasteiger partial charge >= 0.3 is 10.4 Å². The molecule has 1 aliphatic rings. The lowest BCUT2D eigenvalue weighted by Gasteiger charge is -2.41. The van der Waals surface area contributed by atoms with Gasteiger partial charge in [0.2, 0.25) is 5.91 Å². The van der Waals surface area contributed by atoms with Crippen LogP contribution in [0.5, 0.6) is 0 Å². The standard InChI is InChI=1S/C35H65NO12S/c1-3-5-7-8-9-10-11-12-13-14-15-16-17-18-19-20-22-24-29(39)34(42)36-27(28(38)23-21-6-4-2)26-46-35-32(41)33(48-49(43,44)45)31(40)30(25-37)47-35/h15-16,21,23,27-33,35,37-41H,3-14,17-20,22,24-26H2,1-2H3,(H,36,42)(H,43,44,45)/b16-15-,23-21+. The molecule has 0 aromatic rings. The SMILES string of the molecule is CCC/C=C/C(O)C(COC1OC(CO)C(O)C(OS(=O)(=O)O)C1O)NC(=O)C(O)CCCCCC/C=C\CCCCCCCCCCC. The van der Waals surface area contributed by atoms with Gasteiger partial charge in [-0.15, -0.1) is 0 Å². The molecule has 0 bridgehead atoms. The lowest BCUT2D eigenvalue weighted by Crippen LogP contribution is -2.61. The number of hydrogen-bond donors (Lipinski definition) is 7. The van der Waals surface area contributed by atoms with Crippen LogP contribution in [0.4, 0.5) is 0 Å². The number of amides is 1. The van der Waals surface area contributed by atoms with Crippen LogP contribution in [0, 0.1) is 0 Å². The lowest BCUT2D eigenvalue weighted by atomic mass is 9.99. The van der Waals surface area contributed by atoms with Crippen LogP contribution in [0.15, 0.2) is 24.3 Å². The minimum atomic E-state index is -5.10. The molecule has 1 fully saturated rings. The zero-order valence-electron chi connectivity index (χ0n) is 29.6. The highest BCUT2D eigenvalue weighted by atomic mass is 32.3. The van der Waals surface area contributed by atoms with Crippen LogP contribution in [0.1, 0.15) is 129 Å². The van der Waals surface area contributed by atoms with E-state index in [0.717, 1.165) is 38.5 Å². The Labute approximate surface area is 294 Å². The summed E-state index contributed by atoms with van der Waals surface area (Å²) >= 11 is 0. The first-order valence-corrected chi connectivity index (χ1v) is 19.7. The Morgan fingerprint density at radius 1 is 0.816 bits per heavy atom. The predicted molar refractivity (Wildman–Crippen MR) is 187 cm³/mol. The van der Waals surface area contributed by atoms with Crippen molar-refractivity contribution in [3.63, 3.8) is 0 Å². The van der Waals surface area contributed by atoms with Gasteiger partial charge in [0.15, 0.2) is 6.29 Å². The third-order valence-electron chi connectivity index (χ3n) is 8.57. The summed E-state index contributed by atoms with van der Waals surface area (Å²) in [6.45, 7) is 2.91. The third kappa shape index (κ3) is 20.9. The summed E-state index contributed by atoms with van der Waals surface area (Å²) in [5.74, 6) is -0.725. The van der Waals surface area contributed by atoms with Crippen LogP contribution < -0.4 is 5.32 Å². The van der Waals surface area contributed by atoms with Gasteiger partial charge in [-0.25, -0.2) is 4.18 Å². The molecule has 8 unspecified atom stereocenters. The first-order chi connectivity index (χ1) is 23.4. The minimum absolute atomic E-state index is 0.227. The van der Waals surface area contributed by atoms with Gasteiger partial charge in [0.1, 0.15) is 30.5 Å². The molecule has 1 amide bonds. The van der Waals surface area contributed by atoms with Crippen LogP contribution >= 0.6 is 0 Å². The van der Waals surface area contributed by atoms with Crippen molar-refractivity contribution >= 4 is 16.3 Å². The topological polar surface area (TPSA) is 212 Å². The predicted octanol–water partition coefficient (Wildman–Crippen LogP) is 4.01. The Morgan fingerprint density at radius 2 is 1.39 bits per heavy atom. The molecule has 0 radical (unpaired) electrons. The fourth-order valence-corrected chi connectivity index (χ4v) is 6.09. The number of ether oxygens (including phenoxy) is 2. The van der Waals surface area contributed by atoms with E-state index in [4.69, 9.17) is 14.0 Å². The Bertz CT molecular complexity index is 1010. The van der Waals surface area contributed by atoms with Crippen molar-refractivity contribution in [3.05, 3.63) is 24.3 Å². The van der Waals surface area contributed by atoms with E-state index in [1.807, 2.05) is 6.92 Å². The molecule has 13 nitrogen and oxygen atoms in total. The number of carbonyl (C=O) groups excluding carboxylic acids is 1. The molecule has 7 N–H and O–H groups in total. The molecule has 288 valence electrons. The van der Waals surface area contributed by atoms with Gasteiger partial charge in [0, 0.05) is 0 Å². The highest BCUT2D eigenvalue weighted by molar-refractivity contribution is 7.80. The van der Waals surface area contributed by atoms with Gasteiger partial charge in [0.05, 0.1) is 25.4 Å². The van der Waals surface area contributed by atoms with Crippen molar-refractivity contribution in [2.75, 3.05) is 13.2 Å². The molecule has 1 saturated heterocycles. The molecule has 0 aromatic carbocycles. The maximum Gasteiger partial charge on any atom is 0.397 e. The Balaban J connectivity index is 2.48. The highest BCUT2D eigenvalue weighted by Crippen LogP contribution is 2.26. The number of unbranched alkanes of at least 4 members (excludes halogenated alkanes) is 14. The molecule has 8 atom stereocenters. The monoisotopic (exact) mass is 723 g/mol. The van der Waals surface area contributed by atoms with Gasteiger partial charge in [-0.2, -0.15) is 8.42 Å². The summed E-state index contributed by atoms with van der Waals surface area (Å²) < 4.78 is 46.8. The van der Waals surface area contributed by atoms with Crippen molar-refractivity contribution in [1.82, 2.24) is 5.32 Å². The average molecular weight is 724 g/mol. The molecule has 0 saturated carbocycles. The van der Waals surface area contributed by atoms with Crippen molar-refractivity contribution in [2.45, 2.75) is 178 Å². The number of rotatable bonds is 29. The van der Waals surface area contributed by atoms with Gasteiger partial charge in [-0.05, 0) is 38.5 Å². The summed E-state index contributed by atoms with van der Waals surface area (Å²) in [7, 11) is -5.10. The van der Waals surface area contributed by atoms with Crippen molar-refractivity contribution in [2.24, 2.45) is 0 Å². The summed E-state index contributed by atoms with van der Waals surface area (Å²) in [6, 6.07) is -1.12. The van der Waals surface area contributed by atoms with Gasteiger partial charge in [-0.3, -0.25) is 9.35 Å². The number of hydrogen-bond acceptors (Lipinski definition) is 11. The second-order valence-corrected chi connectivity index (χ2v) is 14.0. The number of aliphatic hydroxyl groups excluding tert-OH is 5. The summed E-state index contributed by atoms with van der Waals surface area (Å²) in [6.07, 6.45) is 15.5. The van der Waals surface area contributed by atoms with E-state index < -0.39 is 78.5 Å². The third-order valence-corrected chi connectivity index (χ3v) is 9.03. The first-order valence-electron chi connectivity index (χ1n) is 18.3. The van der Waals surface area contributed by atoms with Gasteiger partial charge in [-0.1, -0.05) is 115 Å². The van der Waals surface area contributed by atoms with Crippen LogP contribution in [0.25, 0.3) is 0 Å². The Morgan fingerprint density at radius 3 is 1.94 bits per heavy atom. The van der Waals surface area contributed by atoms with Crippen molar-refractivity contribution in [3.8, 4) is 0 Å². The Kier molecular flexibility index (Phi) is 25.3. The summed E-state index contributed by atoms with van der Waals surface area (Å²) in [5, 5.41) is 54.1. The van der Waals surface area contributed by atoms with E-state index in [9.17, 15) is 38.7 Å². The molecule has 49 heavy (non-hydrogen) atoms. The molecular weight excluding hydrogens is 658 g/mol. The fourth-order valence-electron chi connectivity index (χ4n) is 5.58. The molecule has 0 aliphatic carbocycles. The Hall–Kier alpha value is -1.46. The summed E-state index contributed by atoms with van der Waals surface area (Å²) in [5.41, 5.74) is 0. The van der Waals surface area contributed by atoms with E-state index in [2.05, 4.69) is 28.6 Å². The van der Waals surface area contributed by atoms with Crippen LogP contribution in [0.3, 0.4) is 0 Å². The molecule has 1 aliphatic heterocycles. The van der Waals surface area contributed by atoms with E-state index in [-0.39, 0.29) is 6.42 Å². The quantitative estimate of drug-likeness (QED) is 0.0332. The maximum absolute atomic E-state index is 12.8. The minimum Gasteiger partial charge on any atom is -0.394 e. The average Bonchev–Trinajstić information content (AvgIpc) is 3.06. The molecule has 14 heteroatoms. The largest absolute Gasteiger partial charge is 0.397 e. The van der Waals surface area contributed by atoms with E-state index >= 15 is 0 Å². The molecule has 1 heterocycles. The van der Waals surface area contributed by atoms with Crippen molar-refractivity contribution in [1.29, 1.82) is 0 Å². The van der Waals surface area contributed by atoms with Gasteiger partial charge in [0.25, 0.3) is 0 Å². The van der Waals surface area contributed by atoms with Crippen LogP contribution in [0.2, 0.25) is 0 Å².